The predicted octanol–water partition coefficient (Wildman–Crippen LogP) is 4.94. The van der Waals surface area contributed by atoms with Gasteiger partial charge >= 0.3 is 0 Å². The lowest BCUT2D eigenvalue weighted by atomic mass is 9.97. The molecule has 0 spiro atoms. The molecule has 0 bridgehead atoms. The van der Waals surface area contributed by atoms with Gasteiger partial charge in [-0.25, -0.2) is 0 Å². The number of fused-ring (bicyclic) bond motifs is 1. The van der Waals surface area contributed by atoms with Crippen molar-refractivity contribution >= 4 is 16.6 Å². The Kier molecular flexibility index (Phi) is 5.06. The van der Waals surface area contributed by atoms with Crippen LogP contribution in [0, 0.1) is 0 Å². The van der Waals surface area contributed by atoms with Crippen LogP contribution in [0.5, 0.6) is 11.5 Å². The summed E-state index contributed by atoms with van der Waals surface area (Å²) in [5.74, 6) is 0.995. The second-order valence-corrected chi connectivity index (χ2v) is 6.40. The lowest BCUT2D eigenvalue weighted by Crippen LogP contribution is -2.13. The van der Waals surface area contributed by atoms with Crippen molar-refractivity contribution in [1.82, 2.24) is 9.97 Å². The van der Waals surface area contributed by atoms with Gasteiger partial charge < -0.3 is 15.2 Å². The molecule has 5 nitrogen and oxygen atoms in total. The van der Waals surface area contributed by atoms with E-state index in [9.17, 15) is 5.11 Å². The number of benzene rings is 2. The number of phenolic OH excluding ortho intramolecular Hbond substituents is 1. The number of ether oxygens (including phenoxy) is 1. The molecule has 4 rings (SSSR count). The minimum Gasteiger partial charge on any atom is -0.505 e. The molecule has 2 aromatic heterocycles. The van der Waals surface area contributed by atoms with E-state index in [0.717, 1.165) is 28.0 Å². The second kappa shape index (κ2) is 7.96. The monoisotopic (exact) mass is 371 g/mol. The molecule has 0 saturated carbocycles. The van der Waals surface area contributed by atoms with Gasteiger partial charge in [0.25, 0.3) is 0 Å². The molecule has 2 heterocycles. The maximum absolute atomic E-state index is 10.9. The van der Waals surface area contributed by atoms with E-state index < -0.39 is 0 Å². The van der Waals surface area contributed by atoms with E-state index in [-0.39, 0.29) is 11.8 Å². The lowest BCUT2D eigenvalue weighted by Gasteiger charge is -2.22. The number of aromatic hydroxyl groups is 1. The van der Waals surface area contributed by atoms with Crippen LogP contribution >= 0.6 is 0 Å². The van der Waals surface area contributed by atoms with E-state index in [4.69, 9.17) is 4.74 Å². The van der Waals surface area contributed by atoms with Crippen molar-refractivity contribution in [1.29, 1.82) is 0 Å². The summed E-state index contributed by atoms with van der Waals surface area (Å²) in [6, 6.07) is 19.1. The molecule has 0 radical (unpaired) electrons. The molecule has 0 amide bonds. The van der Waals surface area contributed by atoms with Crippen LogP contribution in [0.15, 0.2) is 79.3 Å². The van der Waals surface area contributed by atoms with E-state index in [1.807, 2.05) is 67.6 Å². The van der Waals surface area contributed by atoms with Gasteiger partial charge in [-0.05, 0) is 48.9 Å². The summed E-state index contributed by atoms with van der Waals surface area (Å²) in [4.78, 5) is 8.59. The topological polar surface area (TPSA) is 67.3 Å². The van der Waals surface area contributed by atoms with Gasteiger partial charge in [0.05, 0.1) is 12.6 Å². The summed E-state index contributed by atoms with van der Waals surface area (Å²) in [5.41, 5.74) is 3.19. The van der Waals surface area contributed by atoms with Gasteiger partial charge in [-0.15, -0.1) is 0 Å². The van der Waals surface area contributed by atoms with Crippen molar-refractivity contribution in [3.8, 4) is 11.5 Å². The molecule has 2 aromatic carbocycles. The Balaban J connectivity index is 1.75. The average Bonchev–Trinajstić information content (AvgIpc) is 2.75. The van der Waals surface area contributed by atoms with E-state index >= 15 is 0 Å². The first-order chi connectivity index (χ1) is 13.8. The molecule has 1 atom stereocenters. The lowest BCUT2D eigenvalue weighted by molar-refractivity contribution is 0.340. The van der Waals surface area contributed by atoms with Gasteiger partial charge in [-0.2, -0.15) is 0 Å². The first-order valence-corrected chi connectivity index (χ1v) is 9.22. The third-order valence-electron chi connectivity index (χ3n) is 4.58. The standard InChI is InChI=1S/C23H21N3O2/c1-2-28-19-10-8-18(9-11-19)26-21(17-6-3-13-24-15-17)20-12-7-16-5-4-14-25-22(16)23(20)27/h3-15,21,26-27H,2H2,1H3/t21-/m0/s1. The number of nitrogens with one attached hydrogen (secondary N) is 1. The SMILES string of the molecule is CCOc1ccc(N[C@@H](c2cccnc2)c2ccc3cccnc3c2O)cc1. The molecule has 0 aliphatic carbocycles. The first kappa shape index (κ1) is 17.8. The second-order valence-electron chi connectivity index (χ2n) is 6.40. The van der Waals surface area contributed by atoms with Crippen molar-refractivity contribution < 1.29 is 9.84 Å². The molecule has 0 aliphatic heterocycles. The maximum atomic E-state index is 10.9. The Hall–Kier alpha value is -3.60. The van der Waals surface area contributed by atoms with E-state index in [2.05, 4.69) is 15.3 Å². The maximum Gasteiger partial charge on any atom is 0.147 e. The Labute approximate surface area is 163 Å². The summed E-state index contributed by atoms with van der Waals surface area (Å²) in [6.07, 6.45) is 5.22. The van der Waals surface area contributed by atoms with Crippen molar-refractivity contribution in [2.45, 2.75) is 13.0 Å². The van der Waals surface area contributed by atoms with Crippen LogP contribution in [0.25, 0.3) is 10.9 Å². The zero-order valence-electron chi connectivity index (χ0n) is 15.5. The summed E-state index contributed by atoms with van der Waals surface area (Å²) < 4.78 is 5.52. The Morgan fingerprint density at radius 1 is 1.00 bits per heavy atom. The molecule has 0 saturated heterocycles. The summed E-state index contributed by atoms with van der Waals surface area (Å²) in [7, 11) is 0. The molecule has 140 valence electrons. The van der Waals surface area contributed by atoms with Gasteiger partial charge in [-0.1, -0.05) is 24.3 Å². The number of phenols is 1. The van der Waals surface area contributed by atoms with E-state index in [1.54, 1.807) is 18.6 Å². The smallest absolute Gasteiger partial charge is 0.147 e. The quantitative estimate of drug-likeness (QED) is 0.503. The summed E-state index contributed by atoms with van der Waals surface area (Å²) in [6.45, 7) is 2.59. The Morgan fingerprint density at radius 3 is 2.57 bits per heavy atom. The molecular formula is C23H21N3O2. The third kappa shape index (κ3) is 3.60. The van der Waals surface area contributed by atoms with Gasteiger partial charge in [0, 0.05) is 35.2 Å². The van der Waals surface area contributed by atoms with Crippen molar-refractivity contribution in [2.24, 2.45) is 0 Å². The van der Waals surface area contributed by atoms with Gasteiger partial charge in [-0.3, -0.25) is 9.97 Å². The molecule has 0 fully saturated rings. The average molecular weight is 371 g/mol. The highest BCUT2D eigenvalue weighted by Crippen LogP contribution is 2.36. The zero-order valence-corrected chi connectivity index (χ0v) is 15.5. The van der Waals surface area contributed by atoms with Gasteiger partial charge in [0.15, 0.2) is 0 Å². The Bertz CT molecular complexity index is 1070. The van der Waals surface area contributed by atoms with Gasteiger partial charge in [0.2, 0.25) is 0 Å². The molecular weight excluding hydrogens is 350 g/mol. The van der Waals surface area contributed by atoms with Crippen LogP contribution < -0.4 is 10.1 Å². The Morgan fingerprint density at radius 2 is 1.82 bits per heavy atom. The first-order valence-electron chi connectivity index (χ1n) is 9.22. The van der Waals surface area contributed by atoms with Crippen LogP contribution in [0.2, 0.25) is 0 Å². The highest BCUT2D eigenvalue weighted by atomic mass is 16.5. The largest absolute Gasteiger partial charge is 0.505 e. The van der Waals surface area contributed by atoms with Crippen LogP contribution in [0.3, 0.4) is 0 Å². The fraction of sp³-hybridized carbons (Fsp3) is 0.130. The van der Waals surface area contributed by atoms with Crippen molar-refractivity contribution in [2.75, 3.05) is 11.9 Å². The van der Waals surface area contributed by atoms with E-state index in [1.165, 1.54) is 0 Å². The minimum atomic E-state index is -0.280. The predicted molar refractivity (Wildman–Crippen MR) is 111 cm³/mol. The molecule has 2 N–H and O–H groups in total. The van der Waals surface area contributed by atoms with Crippen LogP contribution in [0.4, 0.5) is 5.69 Å². The molecule has 28 heavy (non-hydrogen) atoms. The molecule has 0 unspecified atom stereocenters. The fourth-order valence-corrected chi connectivity index (χ4v) is 3.25. The number of hydrogen-bond donors (Lipinski definition) is 2. The minimum absolute atomic E-state index is 0.172. The number of anilines is 1. The van der Waals surface area contributed by atoms with Crippen LogP contribution in [0.1, 0.15) is 24.1 Å². The fourth-order valence-electron chi connectivity index (χ4n) is 3.25. The normalized spacial score (nSPS) is 11.9. The van der Waals surface area contributed by atoms with Crippen molar-refractivity contribution in [3.63, 3.8) is 0 Å². The molecule has 5 heteroatoms. The zero-order chi connectivity index (χ0) is 19.3. The molecule has 0 aliphatic rings. The number of nitrogens with zero attached hydrogens (tertiary/aromatic N) is 2. The highest BCUT2D eigenvalue weighted by molar-refractivity contribution is 5.86. The number of pyridine rings is 2. The van der Waals surface area contributed by atoms with Crippen LogP contribution in [-0.2, 0) is 0 Å². The number of rotatable bonds is 6. The number of aromatic nitrogens is 2. The van der Waals surface area contributed by atoms with Gasteiger partial charge in [0.1, 0.15) is 17.0 Å². The highest BCUT2D eigenvalue weighted by Gasteiger charge is 2.20. The van der Waals surface area contributed by atoms with Crippen molar-refractivity contribution in [3.05, 3.63) is 90.4 Å². The summed E-state index contributed by atoms with van der Waals surface area (Å²) in [5, 5.41) is 15.3. The number of hydrogen-bond acceptors (Lipinski definition) is 5. The summed E-state index contributed by atoms with van der Waals surface area (Å²) >= 11 is 0. The van der Waals surface area contributed by atoms with E-state index in [0.29, 0.717) is 12.1 Å². The van der Waals surface area contributed by atoms with Crippen LogP contribution in [-0.4, -0.2) is 21.7 Å². The third-order valence-corrected chi connectivity index (χ3v) is 4.58. The molecule has 4 aromatic rings.